The van der Waals surface area contributed by atoms with Crippen LogP contribution in [0.25, 0.3) is 0 Å². The summed E-state index contributed by atoms with van der Waals surface area (Å²) in [4.78, 5) is 12.1. The fourth-order valence-electron chi connectivity index (χ4n) is 2.31. The molecule has 5 nitrogen and oxygen atoms in total. The van der Waals surface area contributed by atoms with Crippen LogP contribution in [0.2, 0.25) is 5.02 Å². The Morgan fingerprint density at radius 2 is 1.96 bits per heavy atom. The Labute approximate surface area is 146 Å². The van der Waals surface area contributed by atoms with Crippen molar-refractivity contribution in [3.05, 3.63) is 59.1 Å². The molecule has 0 aliphatic rings. The molecule has 0 saturated carbocycles. The Hall–Kier alpha value is -2.24. The Morgan fingerprint density at radius 3 is 2.62 bits per heavy atom. The van der Waals surface area contributed by atoms with Crippen LogP contribution in [0.15, 0.2) is 48.5 Å². The Balaban J connectivity index is 1.90. The third-order valence-corrected chi connectivity index (χ3v) is 3.89. The lowest BCUT2D eigenvalue weighted by molar-refractivity contribution is 0.155. The van der Waals surface area contributed by atoms with E-state index in [1.54, 1.807) is 25.3 Å². The zero-order valence-corrected chi connectivity index (χ0v) is 14.4. The Morgan fingerprint density at radius 1 is 1.25 bits per heavy atom. The van der Waals surface area contributed by atoms with Gasteiger partial charge < -0.3 is 20.5 Å². The summed E-state index contributed by atoms with van der Waals surface area (Å²) in [5, 5.41) is 16.1. The molecule has 0 aliphatic heterocycles. The molecule has 0 fully saturated rings. The first-order valence-electron chi connectivity index (χ1n) is 7.63. The predicted octanol–water partition coefficient (Wildman–Crippen LogP) is 3.98. The van der Waals surface area contributed by atoms with Crippen LogP contribution in [-0.2, 0) is 0 Å². The quantitative estimate of drug-likeness (QED) is 0.739. The first-order chi connectivity index (χ1) is 11.5. The van der Waals surface area contributed by atoms with Crippen molar-refractivity contribution in [3.63, 3.8) is 0 Å². The molecule has 2 atom stereocenters. The molecule has 2 aromatic carbocycles. The van der Waals surface area contributed by atoms with Crippen LogP contribution in [0.1, 0.15) is 25.0 Å². The number of carbonyl (C=O) groups is 1. The molecule has 0 heterocycles. The molecule has 2 aromatic rings. The number of anilines is 1. The van der Waals surface area contributed by atoms with E-state index in [0.29, 0.717) is 22.9 Å². The summed E-state index contributed by atoms with van der Waals surface area (Å²) >= 11 is 6.06. The number of ether oxygens (including phenoxy) is 1. The van der Waals surface area contributed by atoms with Gasteiger partial charge >= 0.3 is 6.03 Å². The highest BCUT2D eigenvalue weighted by molar-refractivity contribution is 6.33. The lowest BCUT2D eigenvalue weighted by atomic mass is 10.0. The van der Waals surface area contributed by atoms with Crippen molar-refractivity contribution in [2.24, 2.45) is 0 Å². The van der Waals surface area contributed by atoms with Crippen LogP contribution in [-0.4, -0.2) is 24.3 Å². The average molecular weight is 349 g/mol. The number of aliphatic hydroxyl groups excluding tert-OH is 1. The molecule has 0 radical (unpaired) electrons. The molecule has 2 unspecified atom stereocenters. The number of hydrogen-bond acceptors (Lipinski definition) is 3. The smallest absolute Gasteiger partial charge is 0.319 e. The van der Waals surface area contributed by atoms with Gasteiger partial charge in [-0.1, -0.05) is 41.9 Å². The number of urea groups is 1. The lowest BCUT2D eigenvalue weighted by Gasteiger charge is -2.19. The van der Waals surface area contributed by atoms with Gasteiger partial charge in [0.05, 0.1) is 23.9 Å². The fourth-order valence-corrected chi connectivity index (χ4v) is 2.48. The SMILES string of the molecule is COc1ccc(Cl)c(NC(=O)NC(C)CC(O)c2ccccc2)c1. The summed E-state index contributed by atoms with van der Waals surface area (Å²) in [7, 11) is 1.54. The van der Waals surface area contributed by atoms with Crippen LogP contribution in [0.4, 0.5) is 10.5 Å². The summed E-state index contributed by atoms with van der Waals surface area (Å²) in [6.45, 7) is 1.83. The molecular weight excluding hydrogens is 328 g/mol. The molecule has 128 valence electrons. The van der Waals surface area contributed by atoms with E-state index in [4.69, 9.17) is 16.3 Å². The van der Waals surface area contributed by atoms with E-state index in [2.05, 4.69) is 10.6 Å². The molecule has 0 aliphatic carbocycles. The molecule has 0 saturated heterocycles. The Bertz CT molecular complexity index is 679. The topological polar surface area (TPSA) is 70.6 Å². The van der Waals surface area contributed by atoms with Gasteiger partial charge in [-0.2, -0.15) is 0 Å². The van der Waals surface area contributed by atoms with Crippen molar-refractivity contribution in [2.75, 3.05) is 12.4 Å². The summed E-state index contributed by atoms with van der Waals surface area (Å²) in [5.74, 6) is 0.599. The fraction of sp³-hybridized carbons (Fsp3) is 0.278. The maximum absolute atomic E-state index is 12.1. The second-order valence-corrected chi connectivity index (χ2v) is 5.91. The first-order valence-corrected chi connectivity index (χ1v) is 8.01. The molecule has 6 heteroatoms. The minimum atomic E-state index is -0.637. The molecule has 3 N–H and O–H groups in total. The van der Waals surface area contributed by atoms with Gasteiger partial charge in [-0.3, -0.25) is 0 Å². The van der Waals surface area contributed by atoms with Gasteiger partial charge in [-0.05, 0) is 31.0 Å². The highest BCUT2D eigenvalue weighted by atomic mass is 35.5. The third-order valence-electron chi connectivity index (χ3n) is 3.56. The molecule has 2 rings (SSSR count). The maximum Gasteiger partial charge on any atom is 0.319 e. The second kappa shape index (κ2) is 8.57. The summed E-state index contributed by atoms with van der Waals surface area (Å²) in [5.41, 5.74) is 1.28. The zero-order valence-electron chi connectivity index (χ0n) is 13.6. The van der Waals surface area contributed by atoms with Gasteiger partial charge in [0.1, 0.15) is 5.75 Å². The predicted molar refractivity (Wildman–Crippen MR) is 95.6 cm³/mol. The number of amides is 2. The van der Waals surface area contributed by atoms with Crippen LogP contribution < -0.4 is 15.4 Å². The van der Waals surface area contributed by atoms with E-state index in [0.717, 1.165) is 5.56 Å². The van der Waals surface area contributed by atoms with Gasteiger partial charge in [0.2, 0.25) is 0 Å². The summed E-state index contributed by atoms with van der Waals surface area (Å²) < 4.78 is 5.11. The van der Waals surface area contributed by atoms with Crippen molar-refractivity contribution < 1.29 is 14.6 Å². The molecule has 0 spiro atoms. The number of halogens is 1. The van der Waals surface area contributed by atoms with Crippen LogP contribution in [0, 0.1) is 0 Å². The van der Waals surface area contributed by atoms with Crippen molar-refractivity contribution in [1.82, 2.24) is 5.32 Å². The number of aliphatic hydroxyl groups is 1. The number of carbonyl (C=O) groups excluding carboxylic acids is 1. The van der Waals surface area contributed by atoms with E-state index < -0.39 is 12.1 Å². The molecular formula is C18H21ClN2O3. The summed E-state index contributed by atoms with van der Waals surface area (Å²) in [6.07, 6.45) is -0.231. The standard InChI is InChI=1S/C18H21ClN2O3/c1-12(10-17(22)13-6-4-3-5-7-13)20-18(23)21-16-11-14(24-2)8-9-15(16)19/h3-9,11-12,17,22H,10H2,1-2H3,(H2,20,21,23). The van der Waals surface area contributed by atoms with E-state index in [-0.39, 0.29) is 6.04 Å². The summed E-state index contributed by atoms with van der Waals surface area (Å²) in [6, 6.07) is 13.7. The molecule has 24 heavy (non-hydrogen) atoms. The third kappa shape index (κ3) is 5.15. The number of hydrogen-bond donors (Lipinski definition) is 3. The minimum absolute atomic E-state index is 0.218. The van der Waals surface area contributed by atoms with Crippen molar-refractivity contribution >= 4 is 23.3 Å². The second-order valence-electron chi connectivity index (χ2n) is 5.51. The van der Waals surface area contributed by atoms with Crippen molar-refractivity contribution in [2.45, 2.75) is 25.5 Å². The number of methoxy groups -OCH3 is 1. The monoisotopic (exact) mass is 348 g/mol. The van der Waals surface area contributed by atoms with E-state index in [9.17, 15) is 9.90 Å². The highest BCUT2D eigenvalue weighted by Gasteiger charge is 2.15. The lowest BCUT2D eigenvalue weighted by Crippen LogP contribution is -2.37. The number of rotatable bonds is 6. The van der Waals surface area contributed by atoms with Crippen molar-refractivity contribution in [3.8, 4) is 5.75 Å². The van der Waals surface area contributed by atoms with E-state index in [1.165, 1.54) is 0 Å². The zero-order chi connectivity index (χ0) is 17.5. The number of benzene rings is 2. The minimum Gasteiger partial charge on any atom is -0.497 e. The van der Waals surface area contributed by atoms with Crippen LogP contribution in [0.3, 0.4) is 0 Å². The van der Waals surface area contributed by atoms with E-state index in [1.807, 2.05) is 37.3 Å². The van der Waals surface area contributed by atoms with Gasteiger partial charge in [0, 0.05) is 12.1 Å². The van der Waals surface area contributed by atoms with Crippen LogP contribution >= 0.6 is 11.6 Å². The van der Waals surface area contributed by atoms with Gasteiger partial charge in [0.15, 0.2) is 0 Å². The largest absolute Gasteiger partial charge is 0.497 e. The number of nitrogens with one attached hydrogen (secondary N) is 2. The average Bonchev–Trinajstić information content (AvgIpc) is 2.57. The normalized spacial score (nSPS) is 13.0. The highest BCUT2D eigenvalue weighted by Crippen LogP contribution is 2.26. The molecule has 0 aromatic heterocycles. The van der Waals surface area contributed by atoms with E-state index >= 15 is 0 Å². The maximum atomic E-state index is 12.1. The molecule has 0 bridgehead atoms. The van der Waals surface area contributed by atoms with Gasteiger partial charge in [-0.25, -0.2) is 4.79 Å². The van der Waals surface area contributed by atoms with Crippen molar-refractivity contribution in [1.29, 1.82) is 0 Å². The van der Waals surface area contributed by atoms with Gasteiger partial charge in [-0.15, -0.1) is 0 Å². The Kier molecular flexibility index (Phi) is 6.46. The molecule has 2 amide bonds. The first kappa shape index (κ1) is 18.1. The van der Waals surface area contributed by atoms with Gasteiger partial charge in [0.25, 0.3) is 0 Å². The van der Waals surface area contributed by atoms with Crippen LogP contribution in [0.5, 0.6) is 5.75 Å².